The second-order valence-electron chi connectivity index (χ2n) is 6.44. The predicted octanol–water partition coefficient (Wildman–Crippen LogP) is 4.78. The number of hydrogen-bond acceptors (Lipinski definition) is 3. The molecule has 0 saturated carbocycles. The molecule has 5 heteroatoms. The Morgan fingerprint density at radius 1 is 0.852 bits per heavy atom. The van der Waals surface area contributed by atoms with Crippen molar-refractivity contribution >= 4 is 23.2 Å². The number of rotatable bonds is 6. The molecule has 138 valence electrons. The van der Waals surface area contributed by atoms with Gasteiger partial charge in [0.2, 0.25) is 11.8 Å². The molecule has 5 nitrogen and oxygen atoms in total. The summed E-state index contributed by atoms with van der Waals surface area (Å²) in [5.74, 6) is 1.37. The second-order valence-corrected chi connectivity index (χ2v) is 6.44. The van der Waals surface area contributed by atoms with Gasteiger partial charge in [-0.15, -0.1) is 0 Å². The first-order valence-corrected chi connectivity index (χ1v) is 8.83. The molecule has 0 bridgehead atoms. The topological polar surface area (TPSA) is 71.3 Å². The molecule has 0 saturated heterocycles. The molecule has 0 radical (unpaired) electrons. The van der Waals surface area contributed by atoms with Crippen molar-refractivity contribution in [1.82, 2.24) is 0 Å². The minimum atomic E-state index is -0.129. The Hall–Kier alpha value is -3.34. The minimum absolute atomic E-state index is 0.0874. The summed E-state index contributed by atoms with van der Waals surface area (Å²) in [7, 11) is 0. The smallest absolute Gasteiger partial charge is 0.224 e. The first-order chi connectivity index (χ1) is 13.0. The molecule has 0 unspecified atom stereocenters. The number of aryl methyl sites for hydroxylation is 2. The Kier molecular flexibility index (Phi) is 5.71. The van der Waals surface area contributed by atoms with Crippen LogP contribution in [0.25, 0.3) is 11.3 Å². The van der Waals surface area contributed by atoms with Gasteiger partial charge in [0.05, 0.1) is 0 Å². The van der Waals surface area contributed by atoms with Crippen LogP contribution in [0, 0.1) is 6.92 Å². The van der Waals surface area contributed by atoms with Gasteiger partial charge in [-0.2, -0.15) is 0 Å². The molecule has 1 aromatic heterocycles. The van der Waals surface area contributed by atoms with E-state index in [0.29, 0.717) is 24.2 Å². The minimum Gasteiger partial charge on any atom is -0.461 e. The van der Waals surface area contributed by atoms with Crippen molar-refractivity contribution in [2.24, 2.45) is 0 Å². The molecule has 0 spiro atoms. The van der Waals surface area contributed by atoms with Crippen LogP contribution in [0.2, 0.25) is 0 Å². The molecule has 0 aliphatic heterocycles. The van der Waals surface area contributed by atoms with Crippen LogP contribution in [0.3, 0.4) is 0 Å². The molecule has 0 atom stereocenters. The number of carbonyl (C=O) groups is 2. The summed E-state index contributed by atoms with van der Waals surface area (Å²) in [6, 6.07) is 19.0. The normalized spacial score (nSPS) is 10.4. The van der Waals surface area contributed by atoms with Gasteiger partial charge in [0.25, 0.3) is 0 Å². The molecular formula is C22H22N2O3. The third kappa shape index (κ3) is 5.31. The molecule has 2 amide bonds. The van der Waals surface area contributed by atoms with Gasteiger partial charge in [0, 0.05) is 36.7 Å². The highest BCUT2D eigenvalue weighted by Gasteiger charge is 2.08. The number of nitrogens with one attached hydrogen (secondary N) is 2. The lowest BCUT2D eigenvalue weighted by atomic mass is 10.1. The lowest BCUT2D eigenvalue weighted by Gasteiger charge is -2.06. The van der Waals surface area contributed by atoms with Gasteiger partial charge in [0.15, 0.2) is 0 Å². The Morgan fingerprint density at radius 2 is 1.48 bits per heavy atom. The van der Waals surface area contributed by atoms with Gasteiger partial charge in [-0.05, 0) is 43.3 Å². The highest BCUT2D eigenvalue weighted by Crippen LogP contribution is 2.23. The first kappa shape index (κ1) is 18.5. The molecule has 3 rings (SSSR count). The largest absolute Gasteiger partial charge is 0.461 e. The molecule has 2 N–H and O–H groups in total. The Balaban J connectivity index is 1.52. The van der Waals surface area contributed by atoms with Gasteiger partial charge >= 0.3 is 0 Å². The van der Waals surface area contributed by atoms with Gasteiger partial charge < -0.3 is 15.1 Å². The van der Waals surface area contributed by atoms with Crippen molar-refractivity contribution in [2.45, 2.75) is 26.7 Å². The Labute approximate surface area is 158 Å². The van der Waals surface area contributed by atoms with Crippen LogP contribution in [0.1, 0.15) is 24.7 Å². The van der Waals surface area contributed by atoms with Crippen LogP contribution in [0.15, 0.2) is 65.1 Å². The van der Waals surface area contributed by atoms with Crippen LogP contribution in [0.4, 0.5) is 11.4 Å². The number of hydrogen-bond donors (Lipinski definition) is 2. The van der Waals surface area contributed by atoms with E-state index in [9.17, 15) is 9.59 Å². The third-order valence-corrected chi connectivity index (χ3v) is 4.09. The summed E-state index contributed by atoms with van der Waals surface area (Å²) in [5.41, 5.74) is 3.61. The maximum atomic E-state index is 12.1. The number of benzene rings is 2. The summed E-state index contributed by atoms with van der Waals surface area (Å²) >= 11 is 0. The van der Waals surface area contributed by atoms with Crippen LogP contribution in [-0.4, -0.2) is 11.8 Å². The van der Waals surface area contributed by atoms with Crippen molar-refractivity contribution < 1.29 is 14.0 Å². The Morgan fingerprint density at radius 3 is 2.11 bits per heavy atom. The van der Waals surface area contributed by atoms with E-state index in [1.807, 2.05) is 43.3 Å². The Bertz CT molecular complexity index is 925. The van der Waals surface area contributed by atoms with Crippen molar-refractivity contribution in [3.8, 4) is 11.3 Å². The van der Waals surface area contributed by atoms with E-state index in [1.54, 1.807) is 24.3 Å². The fourth-order valence-corrected chi connectivity index (χ4v) is 2.69. The van der Waals surface area contributed by atoms with Crippen LogP contribution < -0.4 is 10.6 Å². The van der Waals surface area contributed by atoms with Crippen molar-refractivity contribution in [3.05, 3.63) is 72.0 Å². The molecule has 0 aliphatic rings. The molecule has 0 aliphatic carbocycles. The monoisotopic (exact) mass is 362 g/mol. The number of furan rings is 1. The lowest BCUT2D eigenvalue weighted by Crippen LogP contribution is -2.12. The third-order valence-electron chi connectivity index (χ3n) is 4.09. The molecule has 1 heterocycles. The zero-order chi connectivity index (χ0) is 19.2. The van der Waals surface area contributed by atoms with E-state index in [-0.39, 0.29) is 11.8 Å². The van der Waals surface area contributed by atoms with Crippen LogP contribution in [-0.2, 0) is 16.0 Å². The van der Waals surface area contributed by atoms with Crippen molar-refractivity contribution in [3.63, 3.8) is 0 Å². The highest BCUT2D eigenvalue weighted by molar-refractivity contribution is 5.92. The summed E-state index contributed by atoms with van der Waals surface area (Å²) < 4.78 is 5.84. The molecule has 3 aromatic rings. The SMILES string of the molecule is CC(=O)Nc1ccc(NC(=O)CCc2ccc(-c3ccc(C)cc3)o2)cc1. The summed E-state index contributed by atoms with van der Waals surface area (Å²) in [6.07, 6.45) is 0.857. The fraction of sp³-hybridized carbons (Fsp3) is 0.182. The quantitative estimate of drug-likeness (QED) is 0.662. The molecule has 2 aromatic carbocycles. The van der Waals surface area contributed by atoms with Gasteiger partial charge in [0.1, 0.15) is 11.5 Å². The zero-order valence-corrected chi connectivity index (χ0v) is 15.4. The van der Waals surface area contributed by atoms with E-state index < -0.39 is 0 Å². The van der Waals surface area contributed by atoms with Gasteiger partial charge in [-0.3, -0.25) is 9.59 Å². The average Bonchev–Trinajstić information content (AvgIpc) is 3.11. The van der Waals surface area contributed by atoms with E-state index in [2.05, 4.69) is 10.6 Å². The van der Waals surface area contributed by atoms with Crippen LogP contribution in [0.5, 0.6) is 0 Å². The zero-order valence-electron chi connectivity index (χ0n) is 15.4. The molecule has 0 fully saturated rings. The maximum absolute atomic E-state index is 12.1. The van der Waals surface area contributed by atoms with Crippen molar-refractivity contribution in [1.29, 1.82) is 0 Å². The summed E-state index contributed by atoms with van der Waals surface area (Å²) in [5, 5.41) is 5.53. The average molecular weight is 362 g/mol. The second kappa shape index (κ2) is 8.36. The maximum Gasteiger partial charge on any atom is 0.224 e. The summed E-state index contributed by atoms with van der Waals surface area (Å²) in [6.45, 7) is 3.50. The number of amides is 2. The van der Waals surface area contributed by atoms with Gasteiger partial charge in [-0.1, -0.05) is 29.8 Å². The van der Waals surface area contributed by atoms with E-state index >= 15 is 0 Å². The lowest BCUT2D eigenvalue weighted by molar-refractivity contribution is -0.116. The number of carbonyl (C=O) groups excluding carboxylic acids is 2. The van der Waals surface area contributed by atoms with E-state index in [4.69, 9.17) is 4.42 Å². The van der Waals surface area contributed by atoms with E-state index in [1.165, 1.54) is 12.5 Å². The number of anilines is 2. The molecular weight excluding hydrogens is 340 g/mol. The van der Waals surface area contributed by atoms with Crippen molar-refractivity contribution in [2.75, 3.05) is 10.6 Å². The predicted molar refractivity (Wildman–Crippen MR) is 107 cm³/mol. The first-order valence-electron chi connectivity index (χ1n) is 8.83. The summed E-state index contributed by atoms with van der Waals surface area (Å²) in [4.78, 5) is 23.2. The standard InChI is InChI=1S/C22H22N2O3/c1-15-3-5-17(6-4-15)21-13-11-20(27-21)12-14-22(26)24-19-9-7-18(8-10-19)23-16(2)25/h3-11,13H,12,14H2,1-2H3,(H,23,25)(H,24,26). The van der Waals surface area contributed by atoms with Gasteiger partial charge in [-0.25, -0.2) is 0 Å². The highest BCUT2D eigenvalue weighted by atomic mass is 16.3. The molecule has 27 heavy (non-hydrogen) atoms. The van der Waals surface area contributed by atoms with E-state index in [0.717, 1.165) is 17.1 Å². The fourth-order valence-electron chi connectivity index (χ4n) is 2.69. The van der Waals surface area contributed by atoms with Crippen LogP contribution >= 0.6 is 0 Å².